The quantitative estimate of drug-likeness (QED) is 0.268. The van der Waals surface area contributed by atoms with Crippen LogP contribution in [0.4, 0.5) is 0 Å². The minimum absolute atomic E-state index is 0.0496. The third kappa shape index (κ3) is 5.91. The van der Waals surface area contributed by atoms with Gasteiger partial charge in [-0.1, -0.05) is 36.4 Å². The molecule has 212 valence electrons. The van der Waals surface area contributed by atoms with E-state index in [4.69, 9.17) is 18.9 Å². The van der Waals surface area contributed by atoms with E-state index >= 15 is 0 Å². The molecule has 5 rings (SSSR count). The van der Waals surface area contributed by atoms with E-state index in [-0.39, 0.29) is 37.1 Å². The van der Waals surface area contributed by atoms with E-state index in [2.05, 4.69) is 5.32 Å². The van der Waals surface area contributed by atoms with E-state index in [1.54, 1.807) is 38.5 Å². The molecule has 0 amide bonds. The Bertz CT molecular complexity index is 1490. The lowest BCUT2D eigenvalue weighted by Crippen LogP contribution is -2.36. The second-order valence-corrected chi connectivity index (χ2v) is 10.0. The SMILES string of the molecule is COc1ccc(C2CC(=O)C3=C(C2)NC(C)=C(C(=O)OCCOc2ccccc2)C3c2ccc(O)cc2)cc1OC. The van der Waals surface area contributed by atoms with Gasteiger partial charge in [0.05, 0.1) is 19.8 Å². The summed E-state index contributed by atoms with van der Waals surface area (Å²) in [7, 11) is 3.17. The molecule has 2 aliphatic rings. The van der Waals surface area contributed by atoms with Gasteiger partial charge < -0.3 is 29.4 Å². The Morgan fingerprint density at radius 3 is 2.32 bits per heavy atom. The van der Waals surface area contributed by atoms with Gasteiger partial charge in [0.25, 0.3) is 0 Å². The number of hydrogen-bond donors (Lipinski definition) is 2. The lowest BCUT2D eigenvalue weighted by molar-refractivity contribution is -0.140. The van der Waals surface area contributed by atoms with Crippen LogP contribution in [0.15, 0.2) is 95.3 Å². The maximum Gasteiger partial charge on any atom is 0.336 e. The molecule has 0 radical (unpaired) electrons. The molecule has 3 aromatic rings. The van der Waals surface area contributed by atoms with Gasteiger partial charge in [-0.15, -0.1) is 0 Å². The molecule has 1 heterocycles. The van der Waals surface area contributed by atoms with Gasteiger partial charge in [0, 0.05) is 29.3 Å². The lowest BCUT2D eigenvalue weighted by atomic mass is 9.71. The number of carbonyl (C=O) groups excluding carboxylic acids is 2. The molecule has 0 aromatic heterocycles. The number of carbonyl (C=O) groups is 2. The van der Waals surface area contributed by atoms with Crippen LogP contribution < -0.4 is 19.5 Å². The highest BCUT2D eigenvalue weighted by molar-refractivity contribution is 6.04. The minimum atomic E-state index is -0.631. The van der Waals surface area contributed by atoms with Crippen molar-refractivity contribution in [3.63, 3.8) is 0 Å². The number of phenols is 1. The normalized spacial score (nSPS) is 18.4. The van der Waals surface area contributed by atoms with E-state index in [1.165, 1.54) is 0 Å². The molecule has 2 N–H and O–H groups in total. The second-order valence-electron chi connectivity index (χ2n) is 10.0. The first-order valence-corrected chi connectivity index (χ1v) is 13.5. The van der Waals surface area contributed by atoms with Gasteiger partial charge in [-0.25, -0.2) is 4.79 Å². The molecular formula is C33H33NO7. The van der Waals surface area contributed by atoms with E-state index in [0.29, 0.717) is 40.5 Å². The van der Waals surface area contributed by atoms with Crippen molar-refractivity contribution >= 4 is 11.8 Å². The average Bonchev–Trinajstić information content (AvgIpc) is 2.99. The van der Waals surface area contributed by atoms with Gasteiger partial charge in [-0.05, 0) is 66.8 Å². The fraction of sp³-hybridized carbons (Fsp3) is 0.273. The maximum atomic E-state index is 13.8. The number of ether oxygens (including phenoxy) is 4. The molecule has 0 bridgehead atoms. The Kier molecular flexibility index (Phi) is 8.29. The number of phenolic OH excluding ortho intramolecular Hbond substituents is 1. The topological polar surface area (TPSA) is 103 Å². The number of esters is 1. The molecule has 8 heteroatoms. The maximum absolute atomic E-state index is 13.8. The number of hydrogen-bond acceptors (Lipinski definition) is 8. The first kappa shape index (κ1) is 27.8. The second kappa shape index (κ2) is 12.2. The van der Waals surface area contributed by atoms with Crippen molar-refractivity contribution in [1.82, 2.24) is 5.32 Å². The summed E-state index contributed by atoms with van der Waals surface area (Å²) in [6, 6.07) is 21.6. The molecule has 1 aliphatic carbocycles. The van der Waals surface area contributed by atoms with Crippen LogP contribution in [-0.4, -0.2) is 44.3 Å². The van der Waals surface area contributed by atoms with Gasteiger partial charge in [-0.3, -0.25) is 4.79 Å². The van der Waals surface area contributed by atoms with Crippen molar-refractivity contribution < 1.29 is 33.6 Å². The number of methoxy groups -OCH3 is 2. The highest BCUT2D eigenvalue weighted by atomic mass is 16.6. The van der Waals surface area contributed by atoms with Crippen LogP contribution in [0.25, 0.3) is 0 Å². The number of rotatable bonds is 9. The van der Waals surface area contributed by atoms with Crippen molar-refractivity contribution in [3.8, 4) is 23.0 Å². The largest absolute Gasteiger partial charge is 0.508 e. The highest BCUT2D eigenvalue weighted by Gasteiger charge is 2.41. The molecule has 2 unspecified atom stereocenters. The van der Waals surface area contributed by atoms with Crippen molar-refractivity contribution in [2.45, 2.75) is 31.6 Å². The van der Waals surface area contributed by atoms with E-state index in [9.17, 15) is 14.7 Å². The molecule has 8 nitrogen and oxygen atoms in total. The minimum Gasteiger partial charge on any atom is -0.508 e. The number of Topliss-reactive ketones (excluding diaryl/α,β-unsaturated/α-hetero) is 1. The molecule has 3 aromatic carbocycles. The van der Waals surface area contributed by atoms with Crippen LogP contribution in [0, 0.1) is 0 Å². The zero-order valence-electron chi connectivity index (χ0n) is 23.3. The summed E-state index contributed by atoms with van der Waals surface area (Å²) in [5, 5.41) is 13.3. The van der Waals surface area contributed by atoms with E-state index < -0.39 is 11.9 Å². The van der Waals surface area contributed by atoms with Crippen LogP contribution in [-0.2, 0) is 14.3 Å². The van der Waals surface area contributed by atoms with Gasteiger partial charge in [0.15, 0.2) is 17.3 Å². The fourth-order valence-electron chi connectivity index (χ4n) is 5.54. The predicted octanol–water partition coefficient (Wildman–Crippen LogP) is 5.39. The Morgan fingerprint density at radius 2 is 1.61 bits per heavy atom. The standard InChI is InChI=1S/C33H33NO7/c1-20-30(33(37)41-16-15-40-25-7-5-4-6-8-25)31(21-9-12-24(35)13-10-21)32-26(34-20)17-23(18-27(32)36)22-11-14-28(38-2)29(19-22)39-3/h4-14,19,23,31,34-35H,15-18H2,1-3H3. The highest BCUT2D eigenvalue weighted by Crippen LogP contribution is 2.46. The number of allylic oxidation sites excluding steroid dienone is 3. The van der Waals surface area contributed by atoms with Gasteiger partial charge in [0.1, 0.15) is 24.7 Å². The Balaban J connectivity index is 1.42. The number of para-hydroxylation sites is 1. The zero-order chi connectivity index (χ0) is 28.9. The summed E-state index contributed by atoms with van der Waals surface area (Å²) in [5.41, 5.74) is 4.01. The summed E-state index contributed by atoms with van der Waals surface area (Å²) < 4.78 is 22.2. The van der Waals surface area contributed by atoms with Crippen molar-refractivity contribution in [2.24, 2.45) is 0 Å². The summed E-state index contributed by atoms with van der Waals surface area (Å²) >= 11 is 0. The molecule has 0 spiro atoms. The van der Waals surface area contributed by atoms with Crippen molar-refractivity contribution in [1.29, 1.82) is 0 Å². The van der Waals surface area contributed by atoms with E-state index in [1.807, 2.05) is 55.5 Å². The van der Waals surface area contributed by atoms with Crippen molar-refractivity contribution in [2.75, 3.05) is 27.4 Å². The van der Waals surface area contributed by atoms with Gasteiger partial charge in [0.2, 0.25) is 0 Å². The zero-order valence-corrected chi connectivity index (χ0v) is 23.3. The van der Waals surface area contributed by atoms with Crippen LogP contribution in [0.3, 0.4) is 0 Å². The summed E-state index contributed by atoms with van der Waals surface area (Å²) in [5.74, 6) is 0.729. The first-order chi connectivity index (χ1) is 19.9. The van der Waals surface area contributed by atoms with Crippen LogP contribution >= 0.6 is 0 Å². The monoisotopic (exact) mass is 555 g/mol. The third-order valence-corrected chi connectivity index (χ3v) is 7.48. The average molecular weight is 556 g/mol. The predicted molar refractivity (Wildman–Crippen MR) is 153 cm³/mol. The van der Waals surface area contributed by atoms with Gasteiger partial charge in [-0.2, -0.15) is 0 Å². The van der Waals surface area contributed by atoms with Crippen LogP contribution in [0.1, 0.15) is 42.7 Å². The Labute approximate surface area is 239 Å². The summed E-state index contributed by atoms with van der Waals surface area (Å²) in [6.45, 7) is 2.06. The Hall–Kier alpha value is -4.72. The summed E-state index contributed by atoms with van der Waals surface area (Å²) in [4.78, 5) is 27.3. The van der Waals surface area contributed by atoms with E-state index in [0.717, 1.165) is 16.8 Å². The van der Waals surface area contributed by atoms with Crippen molar-refractivity contribution in [3.05, 3.63) is 106 Å². The lowest BCUT2D eigenvalue weighted by Gasteiger charge is -2.36. The molecular weight excluding hydrogens is 522 g/mol. The fourth-order valence-corrected chi connectivity index (χ4v) is 5.54. The molecule has 1 aliphatic heterocycles. The molecule has 41 heavy (non-hydrogen) atoms. The Morgan fingerprint density at radius 1 is 0.902 bits per heavy atom. The smallest absolute Gasteiger partial charge is 0.336 e. The number of ketones is 1. The molecule has 0 saturated heterocycles. The number of dihydropyridines is 1. The van der Waals surface area contributed by atoms with Crippen LogP contribution in [0.2, 0.25) is 0 Å². The number of benzene rings is 3. The molecule has 0 fully saturated rings. The number of aromatic hydroxyl groups is 1. The van der Waals surface area contributed by atoms with Crippen LogP contribution in [0.5, 0.6) is 23.0 Å². The van der Waals surface area contributed by atoms with Gasteiger partial charge >= 0.3 is 5.97 Å². The molecule has 2 atom stereocenters. The third-order valence-electron chi connectivity index (χ3n) is 7.48. The number of nitrogens with one attached hydrogen (secondary N) is 1. The summed E-state index contributed by atoms with van der Waals surface area (Å²) in [6.07, 6.45) is 0.854. The molecule has 0 saturated carbocycles. The first-order valence-electron chi connectivity index (χ1n) is 13.5.